The number of nitrogens with zero attached hydrogens (tertiary/aromatic N) is 2. The summed E-state index contributed by atoms with van der Waals surface area (Å²) in [4.78, 5) is 31.4. The second-order valence-corrected chi connectivity index (χ2v) is 10.6. The van der Waals surface area contributed by atoms with Gasteiger partial charge in [-0.05, 0) is 39.0 Å². The Morgan fingerprint density at radius 3 is 2.54 bits per heavy atom. The second kappa shape index (κ2) is 11.9. The van der Waals surface area contributed by atoms with E-state index < -0.39 is 24.0 Å². The van der Waals surface area contributed by atoms with Gasteiger partial charge in [0.1, 0.15) is 16.3 Å². The Labute approximate surface area is 222 Å². The van der Waals surface area contributed by atoms with Crippen molar-refractivity contribution in [1.29, 1.82) is 0 Å². The standard InChI is InChI=1S/C25H29F2N4O4PS/c1-24(2,3)35-23(33)31-13-18(21(19(32)14-31)22(37)30-17-7-5-4-6-8-17)29-11-16-9-10-28-12-20(16)34-15-25(26,27)36/h4-10,12,29H,11,13-15,36H2,1-3H3,(H,30,37). The number of rotatable bonds is 8. The number of amides is 1. The first kappa shape index (κ1) is 28.4. The Balaban J connectivity index is 1.87. The normalized spacial score (nSPS) is 14.3. The number of anilines is 1. The van der Waals surface area contributed by atoms with Gasteiger partial charge in [0.25, 0.3) is 5.66 Å². The van der Waals surface area contributed by atoms with Crippen LogP contribution in [-0.4, -0.2) is 57.7 Å². The minimum atomic E-state index is -3.10. The van der Waals surface area contributed by atoms with Gasteiger partial charge < -0.3 is 20.1 Å². The van der Waals surface area contributed by atoms with Crippen LogP contribution in [0.5, 0.6) is 5.75 Å². The fourth-order valence-electron chi connectivity index (χ4n) is 3.39. The van der Waals surface area contributed by atoms with E-state index in [-0.39, 0.29) is 41.7 Å². The number of pyridine rings is 1. The van der Waals surface area contributed by atoms with Gasteiger partial charge in [-0.15, -0.1) is 0 Å². The number of nitrogens with one attached hydrogen (secondary N) is 2. The van der Waals surface area contributed by atoms with Crippen molar-refractivity contribution in [2.45, 2.75) is 38.6 Å². The SMILES string of the molecule is CC(C)(C)OC(=O)N1CC(=O)C(C(=S)Nc2ccccc2)=C(NCc2ccncc2OCC(F)(F)P)C1. The van der Waals surface area contributed by atoms with Crippen molar-refractivity contribution in [2.24, 2.45) is 0 Å². The zero-order valence-electron chi connectivity index (χ0n) is 20.7. The third kappa shape index (κ3) is 8.72. The Hall–Kier alpha value is -3.17. The lowest BCUT2D eigenvalue weighted by Gasteiger charge is -2.32. The van der Waals surface area contributed by atoms with Gasteiger partial charge in [0.2, 0.25) is 0 Å². The Morgan fingerprint density at radius 1 is 1.19 bits per heavy atom. The Bertz CT molecular complexity index is 1180. The van der Waals surface area contributed by atoms with Gasteiger partial charge in [-0.25, -0.2) is 4.79 Å². The van der Waals surface area contributed by atoms with Crippen LogP contribution in [0.15, 0.2) is 60.1 Å². The number of benzene rings is 1. The highest BCUT2D eigenvalue weighted by molar-refractivity contribution is 7.81. The van der Waals surface area contributed by atoms with Crippen LogP contribution < -0.4 is 15.4 Å². The van der Waals surface area contributed by atoms with E-state index in [2.05, 4.69) is 15.6 Å². The molecule has 198 valence electrons. The van der Waals surface area contributed by atoms with Crippen LogP contribution in [0.25, 0.3) is 0 Å². The number of alkyl halides is 2. The summed E-state index contributed by atoms with van der Waals surface area (Å²) in [6.07, 6.45) is 2.19. The van der Waals surface area contributed by atoms with Gasteiger partial charge in [0.15, 0.2) is 12.4 Å². The summed E-state index contributed by atoms with van der Waals surface area (Å²) in [5.74, 6) is -0.211. The first-order valence-electron chi connectivity index (χ1n) is 11.4. The van der Waals surface area contributed by atoms with E-state index in [9.17, 15) is 18.4 Å². The highest BCUT2D eigenvalue weighted by atomic mass is 32.1. The molecule has 0 saturated carbocycles. The third-order valence-electron chi connectivity index (χ3n) is 4.96. The summed E-state index contributed by atoms with van der Waals surface area (Å²) in [6, 6.07) is 10.7. The predicted octanol–water partition coefficient (Wildman–Crippen LogP) is 4.53. The number of halogens is 2. The molecule has 1 aromatic heterocycles. The molecule has 1 atom stereocenters. The number of ether oxygens (including phenoxy) is 2. The molecule has 0 saturated heterocycles. The number of hydrogen-bond acceptors (Lipinski definition) is 7. The van der Waals surface area contributed by atoms with Gasteiger partial charge in [-0.1, -0.05) is 39.7 Å². The summed E-state index contributed by atoms with van der Waals surface area (Å²) in [6.45, 7) is 4.27. The molecule has 0 fully saturated rings. The number of ketones is 1. The van der Waals surface area contributed by atoms with Crippen molar-refractivity contribution in [3.8, 4) is 5.75 Å². The molecule has 3 rings (SSSR count). The van der Waals surface area contributed by atoms with E-state index in [1.165, 1.54) is 26.5 Å². The van der Waals surface area contributed by atoms with Crippen LogP contribution >= 0.6 is 21.5 Å². The molecule has 1 unspecified atom stereocenters. The second-order valence-electron chi connectivity index (χ2n) is 9.32. The Morgan fingerprint density at radius 2 is 1.89 bits per heavy atom. The third-order valence-corrected chi connectivity index (χ3v) is 5.43. The van der Waals surface area contributed by atoms with E-state index in [0.717, 1.165) is 0 Å². The van der Waals surface area contributed by atoms with Crippen LogP contribution in [0.4, 0.5) is 19.3 Å². The van der Waals surface area contributed by atoms with E-state index in [1.807, 2.05) is 30.3 Å². The van der Waals surface area contributed by atoms with Crippen LogP contribution in [0, 0.1) is 0 Å². The number of thiocarbonyl (C=S) groups is 1. The molecular formula is C25H29F2N4O4PS. The summed E-state index contributed by atoms with van der Waals surface area (Å²) < 4.78 is 37.3. The number of hydrogen-bond donors (Lipinski definition) is 2. The molecule has 1 aliphatic heterocycles. The molecule has 2 heterocycles. The maximum absolute atomic E-state index is 13.3. The first-order valence-corrected chi connectivity index (χ1v) is 12.4. The minimum absolute atomic E-state index is 0.0253. The lowest BCUT2D eigenvalue weighted by Crippen LogP contribution is -2.48. The van der Waals surface area contributed by atoms with Gasteiger partial charge >= 0.3 is 6.09 Å². The number of para-hydroxylation sites is 1. The van der Waals surface area contributed by atoms with Crippen molar-refractivity contribution in [2.75, 3.05) is 25.0 Å². The van der Waals surface area contributed by atoms with Crippen LogP contribution in [0.3, 0.4) is 0 Å². The summed E-state index contributed by atoms with van der Waals surface area (Å²) >= 11 is 5.56. The molecule has 37 heavy (non-hydrogen) atoms. The van der Waals surface area contributed by atoms with Crippen molar-refractivity contribution in [1.82, 2.24) is 15.2 Å². The quantitative estimate of drug-likeness (QED) is 0.366. The van der Waals surface area contributed by atoms with Gasteiger partial charge in [0.05, 0.1) is 24.9 Å². The van der Waals surface area contributed by atoms with Crippen LogP contribution in [-0.2, 0) is 16.1 Å². The number of aromatic nitrogens is 1. The maximum atomic E-state index is 13.3. The van der Waals surface area contributed by atoms with E-state index in [0.29, 0.717) is 16.9 Å². The smallest absolute Gasteiger partial charge is 0.411 e. The molecule has 2 N–H and O–H groups in total. The molecular weight excluding hydrogens is 521 g/mol. The van der Waals surface area contributed by atoms with Crippen molar-refractivity contribution >= 4 is 44.0 Å². The van der Waals surface area contributed by atoms with Gasteiger partial charge in [-0.3, -0.25) is 14.7 Å². The maximum Gasteiger partial charge on any atom is 0.411 e. The number of carbonyl (C=O) groups is 2. The van der Waals surface area contributed by atoms with Crippen molar-refractivity contribution in [3.05, 3.63) is 65.6 Å². The lowest BCUT2D eigenvalue weighted by molar-refractivity contribution is -0.116. The summed E-state index contributed by atoms with van der Waals surface area (Å²) in [5.41, 5.74) is -2.01. The molecule has 1 amide bonds. The minimum Gasteiger partial charge on any atom is -0.485 e. The number of Topliss-reactive ketones (excluding diaryl/α,β-unsaturated/α-hetero) is 1. The van der Waals surface area contributed by atoms with Gasteiger partial charge in [-0.2, -0.15) is 8.78 Å². The fourth-order valence-corrected chi connectivity index (χ4v) is 3.82. The average Bonchev–Trinajstić information content (AvgIpc) is 2.80. The van der Waals surface area contributed by atoms with E-state index in [4.69, 9.17) is 21.7 Å². The van der Waals surface area contributed by atoms with Gasteiger partial charge in [0, 0.05) is 29.7 Å². The van der Waals surface area contributed by atoms with Crippen LogP contribution in [0.1, 0.15) is 26.3 Å². The van der Waals surface area contributed by atoms with Crippen molar-refractivity contribution in [3.63, 3.8) is 0 Å². The topological polar surface area (TPSA) is 92.8 Å². The predicted molar refractivity (Wildman–Crippen MR) is 144 cm³/mol. The monoisotopic (exact) mass is 550 g/mol. The summed E-state index contributed by atoms with van der Waals surface area (Å²) in [5, 5.41) is 6.21. The number of carbonyl (C=O) groups excluding carboxylic acids is 2. The molecule has 0 radical (unpaired) electrons. The molecule has 0 bridgehead atoms. The molecule has 1 aromatic carbocycles. The zero-order valence-corrected chi connectivity index (χ0v) is 22.7. The largest absolute Gasteiger partial charge is 0.485 e. The lowest BCUT2D eigenvalue weighted by atomic mass is 10.0. The zero-order chi connectivity index (χ0) is 27.2. The average molecular weight is 551 g/mol. The summed E-state index contributed by atoms with van der Waals surface area (Å²) in [7, 11) is 1.42. The highest BCUT2D eigenvalue weighted by Gasteiger charge is 2.33. The van der Waals surface area contributed by atoms with Crippen molar-refractivity contribution < 1.29 is 27.8 Å². The molecule has 1 aliphatic rings. The molecule has 12 heteroatoms. The fraction of sp³-hybridized carbons (Fsp3) is 0.360. The van der Waals surface area contributed by atoms with E-state index in [1.54, 1.807) is 26.8 Å². The van der Waals surface area contributed by atoms with Crippen LogP contribution in [0.2, 0.25) is 0 Å². The molecule has 0 spiro atoms. The molecule has 8 nitrogen and oxygen atoms in total. The molecule has 2 aromatic rings. The first-order chi connectivity index (χ1) is 17.3. The highest BCUT2D eigenvalue weighted by Crippen LogP contribution is 2.26. The van der Waals surface area contributed by atoms with E-state index >= 15 is 0 Å². The Kier molecular flexibility index (Phi) is 9.15. The molecule has 0 aliphatic carbocycles.